The zero-order valence-corrected chi connectivity index (χ0v) is 9.93. The molecular formula is C11H12ClFO3. The van der Waals surface area contributed by atoms with Crippen LogP contribution in [0.15, 0.2) is 6.07 Å². The summed E-state index contributed by atoms with van der Waals surface area (Å²) in [4.78, 5) is 11.2. The molecule has 3 nitrogen and oxygen atoms in total. The highest BCUT2D eigenvalue weighted by atomic mass is 35.5. The van der Waals surface area contributed by atoms with Gasteiger partial charge < -0.3 is 9.84 Å². The van der Waals surface area contributed by atoms with E-state index in [1.165, 1.54) is 6.07 Å². The lowest BCUT2D eigenvalue weighted by atomic mass is 9.98. The van der Waals surface area contributed by atoms with E-state index in [0.717, 1.165) is 7.11 Å². The van der Waals surface area contributed by atoms with Gasteiger partial charge in [0.1, 0.15) is 5.82 Å². The lowest BCUT2D eigenvalue weighted by molar-refractivity contribution is -0.150. The van der Waals surface area contributed by atoms with Crippen molar-refractivity contribution >= 4 is 17.6 Å². The molecule has 16 heavy (non-hydrogen) atoms. The van der Waals surface area contributed by atoms with Gasteiger partial charge >= 0.3 is 5.97 Å². The van der Waals surface area contributed by atoms with Crippen LogP contribution in [0.3, 0.4) is 0 Å². The summed E-state index contributed by atoms with van der Waals surface area (Å²) in [6.07, 6.45) is -1.65. The fourth-order valence-electron chi connectivity index (χ4n) is 1.42. The monoisotopic (exact) mass is 246 g/mol. The second-order valence-corrected chi connectivity index (χ2v) is 3.86. The Morgan fingerprint density at radius 1 is 1.56 bits per heavy atom. The molecule has 0 aliphatic rings. The highest BCUT2D eigenvalue weighted by molar-refractivity contribution is 6.31. The van der Waals surface area contributed by atoms with Crippen molar-refractivity contribution in [2.75, 3.05) is 7.11 Å². The minimum absolute atomic E-state index is 0.124. The van der Waals surface area contributed by atoms with Gasteiger partial charge in [0.2, 0.25) is 0 Å². The smallest absolute Gasteiger partial charge is 0.339 e. The minimum Gasteiger partial charge on any atom is -0.467 e. The number of ether oxygens (including phenoxy) is 1. The van der Waals surface area contributed by atoms with E-state index in [1.807, 2.05) is 0 Å². The van der Waals surface area contributed by atoms with Crippen molar-refractivity contribution < 1.29 is 19.0 Å². The third kappa shape index (κ3) is 2.18. The predicted molar refractivity (Wildman–Crippen MR) is 57.9 cm³/mol. The number of hydrogen-bond donors (Lipinski definition) is 1. The molecule has 0 saturated heterocycles. The van der Waals surface area contributed by atoms with Crippen molar-refractivity contribution in [3.8, 4) is 0 Å². The molecule has 88 valence electrons. The van der Waals surface area contributed by atoms with Gasteiger partial charge in [-0.2, -0.15) is 0 Å². The summed E-state index contributed by atoms with van der Waals surface area (Å²) >= 11 is 5.64. The Morgan fingerprint density at radius 3 is 2.62 bits per heavy atom. The number of benzene rings is 1. The number of rotatable bonds is 2. The summed E-state index contributed by atoms with van der Waals surface area (Å²) in [6.45, 7) is 3.32. The van der Waals surface area contributed by atoms with E-state index in [1.54, 1.807) is 13.8 Å². The minimum atomic E-state index is -1.65. The van der Waals surface area contributed by atoms with Gasteiger partial charge in [-0.15, -0.1) is 0 Å². The molecule has 0 aromatic heterocycles. The third-order valence-corrected chi connectivity index (χ3v) is 2.76. The molecule has 1 atom stereocenters. The lowest BCUT2D eigenvalue weighted by Crippen LogP contribution is -2.17. The van der Waals surface area contributed by atoms with Gasteiger partial charge in [0, 0.05) is 5.56 Å². The Hall–Kier alpha value is -1.13. The molecule has 0 radical (unpaired) electrons. The van der Waals surface area contributed by atoms with Crippen LogP contribution in [-0.2, 0) is 9.53 Å². The zero-order valence-electron chi connectivity index (χ0n) is 9.17. The Kier molecular flexibility index (Phi) is 3.88. The maximum atomic E-state index is 13.7. The SMILES string of the molecule is COC(=O)C(O)c1c(C)c(C)cc(Cl)c1F. The largest absolute Gasteiger partial charge is 0.467 e. The molecule has 1 rings (SSSR count). The quantitative estimate of drug-likeness (QED) is 0.815. The predicted octanol–water partition coefficient (Wildman–Crippen LogP) is 2.30. The van der Waals surface area contributed by atoms with E-state index in [9.17, 15) is 14.3 Å². The van der Waals surface area contributed by atoms with Crippen molar-refractivity contribution in [3.05, 3.63) is 33.6 Å². The first-order valence-corrected chi connectivity index (χ1v) is 4.99. The van der Waals surface area contributed by atoms with Crippen LogP contribution >= 0.6 is 11.6 Å². The van der Waals surface area contributed by atoms with E-state index in [0.29, 0.717) is 11.1 Å². The maximum Gasteiger partial charge on any atom is 0.339 e. The Labute approximate surface area is 97.8 Å². The van der Waals surface area contributed by atoms with Crippen molar-refractivity contribution in [2.45, 2.75) is 20.0 Å². The summed E-state index contributed by atoms with van der Waals surface area (Å²) in [7, 11) is 1.12. The maximum absolute atomic E-state index is 13.7. The number of hydrogen-bond acceptors (Lipinski definition) is 3. The molecule has 1 aromatic rings. The number of aryl methyl sites for hydroxylation is 1. The Bertz CT molecular complexity index is 405. The number of methoxy groups -OCH3 is 1. The Balaban J connectivity index is 3.37. The van der Waals surface area contributed by atoms with Gasteiger partial charge in [-0.25, -0.2) is 9.18 Å². The van der Waals surface area contributed by atoms with Crippen LogP contribution in [0.1, 0.15) is 22.8 Å². The van der Waals surface area contributed by atoms with E-state index < -0.39 is 17.9 Å². The summed E-state index contributed by atoms with van der Waals surface area (Å²) < 4.78 is 18.0. The molecule has 0 heterocycles. The van der Waals surface area contributed by atoms with Crippen LogP contribution < -0.4 is 0 Å². The molecule has 0 aliphatic heterocycles. The first kappa shape index (κ1) is 12.9. The molecule has 1 N–H and O–H groups in total. The van der Waals surface area contributed by atoms with Gasteiger partial charge in [-0.05, 0) is 31.0 Å². The van der Waals surface area contributed by atoms with Gasteiger partial charge in [-0.1, -0.05) is 11.6 Å². The topological polar surface area (TPSA) is 46.5 Å². The molecule has 0 amide bonds. The fraction of sp³-hybridized carbons (Fsp3) is 0.364. The summed E-state index contributed by atoms with van der Waals surface area (Å²) in [5, 5.41) is 9.50. The second-order valence-electron chi connectivity index (χ2n) is 3.45. The molecule has 0 fully saturated rings. The number of halogens is 2. The molecule has 1 aromatic carbocycles. The van der Waals surface area contributed by atoms with E-state index in [2.05, 4.69) is 4.74 Å². The van der Waals surface area contributed by atoms with Crippen LogP contribution in [0.2, 0.25) is 5.02 Å². The fourth-order valence-corrected chi connectivity index (χ4v) is 1.69. The molecule has 0 bridgehead atoms. The molecular weight excluding hydrogens is 235 g/mol. The highest BCUT2D eigenvalue weighted by Crippen LogP contribution is 2.30. The molecule has 0 saturated carbocycles. The second kappa shape index (κ2) is 4.80. The summed E-state index contributed by atoms with van der Waals surface area (Å²) in [6, 6.07) is 1.44. The average molecular weight is 247 g/mol. The van der Waals surface area contributed by atoms with Crippen LogP contribution in [0, 0.1) is 19.7 Å². The van der Waals surface area contributed by atoms with Crippen LogP contribution in [0.25, 0.3) is 0 Å². The van der Waals surface area contributed by atoms with Crippen LogP contribution in [0.5, 0.6) is 0 Å². The number of esters is 1. The summed E-state index contributed by atoms with van der Waals surface area (Å²) in [5.74, 6) is -1.70. The van der Waals surface area contributed by atoms with Crippen LogP contribution in [-0.4, -0.2) is 18.2 Å². The van der Waals surface area contributed by atoms with Crippen molar-refractivity contribution in [1.82, 2.24) is 0 Å². The average Bonchev–Trinajstić information content (AvgIpc) is 2.25. The van der Waals surface area contributed by atoms with E-state index in [-0.39, 0.29) is 10.6 Å². The highest BCUT2D eigenvalue weighted by Gasteiger charge is 2.26. The number of carbonyl (C=O) groups is 1. The van der Waals surface area contributed by atoms with Crippen molar-refractivity contribution in [2.24, 2.45) is 0 Å². The standard InChI is InChI=1S/C11H12ClFO3/c1-5-4-7(12)9(13)8(6(5)2)10(14)11(15)16-3/h4,10,14H,1-3H3. The van der Waals surface area contributed by atoms with Gasteiger partial charge in [0.05, 0.1) is 12.1 Å². The van der Waals surface area contributed by atoms with Gasteiger partial charge in [-0.3, -0.25) is 0 Å². The molecule has 1 unspecified atom stereocenters. The zero-order chi connectivity index (χ0) is 12.5. The number of aliphatic hydroxyl groups is 1. The molecule has 5 heteroatoms. The van der Waals surface area contributed by atoms with Crippen molar-refractivity contribution in [3.63, 3.8) is 0 Å². The normalized spacial score (nSPS) is 12.4. The van der Waals surface area contributed by atoms with Gasteiger partial charge in [0.15, 0.2) is 6.10 Å². The number of carbonyl (C=O) groups excluding carboxylic acids is 1. The van der Waals surface area contributed by atoms with E-state index >= 15 is 0 Å². The lowest BCUT2D eigenvalue weighted by Gasteiger charge is -2.15. The van der Waals surface area contributed by atoms with E-state index in [4.69, 9.17) is 11.6 Å². The third-order valence-electron chi connectivity index (χ3n) is 2.48. The molecule has 0 spiro atoms. The first-order chi connectivity index (χ1) is 7.40. The van der Waals surface area contributed by atoms with Crippen LogP contribution in [0.4, 0.5) is 4.39 Å². The summed E-state index contributed by atoms with van der Waals surface area (Å²) in [5.41, 5.74) is 1.06. The molecule has 0 aliphatic carbocycles. The number of aliphatic hydroxyl groups excluding tert-OH is 1. The van der Waals surface area contributed by atoms with Crippen molar-refractivity contribution in [1.29, 1.82) is 0 Å². The Morgan fingerprint density at radius 2 is 2.12 bits per heavy atom. The first-order valence-electron chi connectivity index (χ1n) is 4.61. The van der Waals surface area contributed by atoms with Gasteiger partial charge in [0.25, 0.3) is 0 Å².